The zero-order valence-electron chi connectivity index (χ0n) is 14.6. The minimum absolute atomic E-state index is 0.235. The first-order valence-electron chi connectivity index (χ1n) is 8.72. The highest BCUT2D eigenvalue weighted by molar-refractivity contribution is 6.39. The van der Waals surface area contributed by atoms with Gasteiger partial charge in [0.1, 0.15) is 11.6 Å². The molecule has 6 nitrogen and oxygen atoms in total. The van der Waals surface area contributed by atoms with Crippen LogP contribution in [0, 0.1) is 17.6 Å². The maximum absolute atomic E-state index is 13.5. The molecule has 142 valence electrons. The van der Waals surface area contributed by atoms with Gasteiger partial charge in [-0.3, -0.25) is 14.6 Å². The van der Waals surface area contributed by atoms with Crippen molar-refractivity contribution in [3.05, 3.63) is 54.4 Å². The summed E-state index contributed by atoms with van der Waals surface area (Å²) in [5.74, 6) is -3.24. The highest BCUT2D eigenvalue weighted by Crippen LogP contribution is 2.22. The van der Waals surface area contributed by atoms with E-state index in [-0.39, 0.29) is 11.6 Å². The Morgan fingerprint density at radius 1 is 1.15 bits per heavy atom. The van der Waals surface area contributed by atoms with E-state index in [2.05, 4.69) is 20.5 Å². The number of rotatable bonds is 4. The Balaban J connectivity index is 1.43. The maximum atomic E-state index is 13.5. The number of anilines is 2. The van der Waals surface area contributed by atoms with Crippen LogP contribution in [0.1, 0.15) is 12.8 Å². The number of pyridine rings is 1. The van der Waals surface area contributed by atoms with Crippen molar-refractivity contribution >= 4 is 23.2 Å². The van der Waals surface area contributed by atoms with Gasteiger partial charge < -0.3 is 15.5 Å². The van der Waals surface area contributed by atoms with Crippen molar-refractivity contribution in [2.75, 3.05) is 29.9 Å². The molecule has 2 heterocycles. The summed E-state index contributed by atoms with van der Waals surface area (Å²) in [5, 5.41) is 4.73. The average molecular weight is 374 g/mol. The van der Waals surface area contributed by atoms with E-state index < -0.39 is 23.4 Å². The minimum atomic E-state index is -0.978. The number of aromatic nitrogens is 1. The molecule has 3 rings (SSSR count). The molecule has 0 radical (unpaired) electrons. The fraction of sp³-hybridized carbons (Fsp3) is 0.316. The van der Waals surface area contributed by atoms with Crippen LogP contribution in [-0.2, 0) is 9.59 Å². The van der Waals surface area contributed by atoms with Crippen molar-refractivity contribution in [2.45, 2.75) is 12.8 Å². The number of nitrogens with zero attached hydrogens (tertiary/aromatic N) is 2. The van der Waals surface area contributed by atoms with Gasteiger partial charge >= 0.3 is 11.8 Å². The summed E-state index contributed by atoms with van der Waals surface area (Å²) >= 11 is 0. The second kappa shape index (κ2) is 8.57. The van der Waals surface area contributed by atoms with E-state index in [1.165, 1.54) is 0 Å². The molecule has 8 heteroatoms. The van der Waals surface area contributed by atoms with Gasteiger partial charge in [0.2, 0.25) is 0 Å². The molecule has 2 amide bonds. The topological polar surface area (TPSA) is 74.3 Å². The van der Waals surface area contributed by atoms with Crippen LogP contribution in [0.4, 0.5) is 20.2 Å². The number of halogens is 2. The Morgan fingerprint density at radius 2 is 1.93 bits per heavy atom. The summed E-state index contributed by atoms with van der Waals surface area (Å²) < 4.78 is 26.4. The number of hydrogen-bond donors (Lipinski definition) is 2. The molecule has 0 unspecified atom stereocenters. The molecule has 1 aromatic carbocycles. The first-order valence-corrected chi connectivity index (χ1v) is 8.72. The predicted octanol–water partition coefficient (Wildman–Crippen LogP) is 2.33. The lowest BCUT2D eigenvalue weighted by Gasteiger charge is -2.33. The lowest BCUT2D eigenvalue weighted by atomic mass is 9.96. The first kappa shape index (κ1) is 18.8. The van der Waals surface area contributed by atoms with Crippen LogP contribution >= 0.6 is 0 Å². The first-order chi connectivity index (χ1) is 13.0. The van der Waals surface area contributed by atoms with Crippen LogP contribution in [0.25, 0.3) is 0 Å². The second-order valence-corrected chi connectivity index (χ2v) is 6.43. The molecule has 27 heavy (non-hydrogen) atoms. The summed E-state index contributed by atoms with van der Waals surface area (Å²) in [6.07, 6.45) is 5.31. The third-order valence-corrected chi connectivity index (χ3v) is 4.56. The van der Waals surface area contributed by atoms with E-state index in [0.29, 0.717) is 12.6 Å². The van der Waals surface area contributed by atoms with Gasteiger partial charge in [0.05, 0.1) is 17.6 Å². The molecule has 0 atom stereocenters. The van der Waals surface area contributed by atoms with E-state index in [0.717, 1.165) is 43.8 Å². The largest absolute Gasteiger partial charge is 0.370 e. The molecular formula is C19H20F2N4O2. The smallest absolute Gasteiger partial charge is 0.313 e. The van der Waals surface area contributed by atoms with E-state index in [9.17, 15) is 18.4 Å². The molecule has 1 aliphatic heterocycles. The van der Waals surface area contributed by atoms with Crippen LogP contribution < -0.4 is 15.5 Å². The van der Waals surface area contributed by atoms with Gasteiger partial charge in [-0.25, -0.2) is 8.78 Å². The molecule has 1 aliphatic rings. The van der Waals surface area contributed by atoms with Gasteiger partial charge in [0.15, 0.2) is 0 Å². The normalized spacial score (nSPS) is 14.7. The van der Waals surface area contributed by atoms with Crippen molar-refractivity contribution in [3.63, 3.8) is 0 Å². The van der Waals surface area contributed by atoms with Crippen molar-refractivity contribution in [1.29, 1.82) is 0 Å². The summed E-state index contributed by atoms with van der Waals surface area (Å²) in [7, 11) is 0. The fourth-order valence-electron chi connectivity index (χ4n) is 3.02. The lowest BCUT2D eigenvalue weighted by Crippen LogP contribution is -2.42. The van der Waals surface area contributed by atoms with Gasteiger partial charge in [-0.05, 0) is 43.0 Å². The molecule has 2 N–H and O–H groups in total. The van der Waals surface area contributed by atoms with Gasteiger partial charge in [0.25, 0.3) is 0 Å². The summed E-state index contributed by atoms with van der Waals surface area (Å²) in [4.78, 5) is 30.1. The van der Waals surface area contributed by atoms with Crippen molar-refractivity contribution < 1.29 is 18.4 Å². The number of piperidine rings is 1. The quantitative estimate of drug-likeness (QED) is 0.806. The molecule has 0 aliphatic carbocycles. The zero-order valence-corrected chi connectivity index (χ0v) is 14.6. The number of nitrogens with one attached hydrogen (secondary N) is 2. The second-order valence-electron chi connectivity index (χ2n) is 6.43. The van der Waals surface area contributed by atoms with Crippen molar-refractivity contribution in [1.82, 2.24) is 10.3 Å². The maximum Gasteiger partial charge on any atom is 0.313 e. The van der Waals surface area contributed by atoms with E-state index in [4.69, 9.17) is 0 Å². The third kappa shape index (κ3) is 4.99. The number of carbonyl (C=O) groups is 2. The highest BCUT2D eigenvalue weighted by Gasteiger charge is 2.22. The Morgan fingerprint density at radius 3 is 2.59 bits per heavy atom. The van der Waals surface area contributed by atoms with Crippen LogP contribution in [0.5, 0.6) is 0 Å². The van der Waals surface area contributed by atoms with E-state index >= 15 is 0 Å². The lowest BCUT2D eigenvalue weighted by molar-refractivity contribution is -0.136. The van der Waals surface area contributed by atoms with Crippen molar-refractivity contribution in [3.8, 4) is 0 Å². The van der Waals surface area contributed by atoms with Crippen molar-refractivity contribution in [2.24, 2.45) is 5.92 Å². The molecule has 0 saturated carbocycles. The highest BCUT2D eigenvalue weighted by atomic mass is 19.1. The molecule has 2 aromatic rings. The number of hydrogen-bond acceptors (Lipinski definition) is 4. The molecule has 1 fully saturated rings. The van der Waals surface area contributed by atoms with Gasteiger partial charge in [0, 0.05) is 31.9 Å². The summed E-state index contributed by atoms with van der Waals surface area (Å²) in [6, 6.07) is 6.62. The SMILES string of the molecule is O=C(NCC1CCN(c2cccnc2)CC1)C(=O)Nc1ccc(F)cc1F. The molecule has 0 bridgehead atoms. The summed E-state index contributed by atoms with van der Waals surface area (Å²) in [5.41, 5.74) is 0.835. The van der Waals surface area contributed by atoms with Gasteiger partial charge in [-0.15, -0.1) is 0 Å². The van der Waals surface area contributed by atoms with Gasteiger partial charge in [-0.1, -0.05) is 0 Å². The molecule has 0 spiro atoms. The summed E-state index contributed by atoms with van der Waals surface area (Å²) in [6.45, 7) is 2.07. The predicted molar refractivity (Wildman–Crippen MR) is 97.2 cm³/mol. The Bertz CT molecular complexity index is 809. The standard InChI is InChI=1S/C19H20F2N4O2/c20-14-3-4-17(16(21)10-14)24-19(27)18(26)23-11-13-5-8-25(9-6-13)15-2-1-7-22-12-15/h1-4,7,10,12-13H,5-6,8-9,11H2,(H,23,26)(H,24,27). The molecular weight excluding hydrogens is 354 g/mol. The van der Waals surface area contributed by atoms with E-state index in [1.54, 1.807) is 6.20 Å². The van der Waals surface area contributed by atoms with Crippen LogP contribution in [0.15, 0.2) is 42.7 Å². The van der Waals surface area contributed by atoms with Crippen LogP contribution in [0.2, 0.25) is 0 Å². The Labute approximate surface area is 155 Å². The Hall–Kier alpha value is -3.03. The monoisotopic (exact) mass is 374 g/mol. The number of benzene rings is 1. The van der Waals surface area contributed by atoms with Crippen LogP contribution in [0.3, 0.4) is 0 Å². The Kier molecular flexibility index (Phi) is 5.95. The molecule has 1 saturated heterocycles. The number of carbonyl (C=O) groups excluding carboxylic acids is 2. The third-order valence-electron chi connectivity index (χ3n) is 4.56. The fourth-order valence-corrected chi connectivity index (χ4v) is 3.02. The van der Waals surface area contributed by atoms with Gasteiger partial charge in [-0.2, -0.15) is 0 Å². The number of amides is 2. The zero-order chi connectivity index (χ0) is 19.2. The minimum Gasteiger partial charge on any atom is -0.370 e. The average Bonchev–Trinajstić information content (AvgIpc) is 2.69. The van der Waals surface area contributed by atoms with E-state index in [1.807, 2.05) is 18.3 Å². The molecule has 1 aromatic heterocycles. The van der Waals surface area contributed by atoms with Crippen LogP contribution in [-0.4, -0.2) is 36.4 Å².